The van der Waals surface area contributed by atoms with E-state index in [1.54, 1.807) is 6.20 Å². The number of nitrogens with two attached hydrogens (primary N) is 1. The summed E-state index contributed by atoms with van der Waals surface area (Å²) in [5.41, 5.74) is 7.24. The summed E-state index contributed by atoms with van der Waals surface area (Å²) >= 11 is 4.88. The van der Waals surface area contributed by atoms with E-state index in [9.17, 15) is 0 Å². The third-order valence-corrected chi connectivity index (χ3v) is 3.07. The number of nitrogens with one attached hydrogen (secondary N) is 1. The quantitative estimate of drug-likeness (QED) is 0.761. The molecule has 80 valence electrons. The first-order chi connectivity index (χ1) is 7.16. The van der Waals surface area contributed by atoms with Crippen LogP contribution in [0.5, 0.6) is 0 Å². The average Bonchev–Trinajstić information content (AvgIpc) is 2.92. The minimum absolute atomic E-state index is 0.346. The van der Waals surface area contributed by atoms with E-state index in [2.05, 4.69) is 17.2 Å². The van der Waals surface area contributed by atoms with Gasteiger partial charge in [-0.05, 0) is 30.4 Å². The summed E-state index contributed by atoms with van der Waals surface area (Å²) in [6.07, 6.45) is 3.06. The Morgan fingerprint density at radius 1 is 1.73 bits per heavy atom. The molecular weight excluding hydrogens is 206 g/mol. The second-order valence-electron chi connectivity index (χ2n) is 4.15. The molecule has 1 heterocycles. The van der Waals surface area contributed by atoms with Crippen molar-refractivity contribution in [3.63, 3.8) is 0 Å². The third-order valence-electron chi connectivity index (χ3n) is 2.86. The van der Waals surface area contributed by atoms with E-state index >= 15 is 0 Å². The number of anilines is 1. The first-order valence-electron chi connectivity index (χ1n) is 5.16. The molecule has 1 aromatic rings. The van der Waals surface area contributed by atoms with Crippen molar-refractivity contribution in [2.24, 2.45) is 17.6 Å². The van der Waals surface area contributed by atoms with Gasteiger partial charge in [0.25, 0.3) is 0 Å². The Morgan fingerprint density at radius 2 is 2.47 bits per heavy atom. The highest BCUT2D eigenvalue weighted by Crippen LogP contribution is 2.37. The van der Waals surface area contributed by atoms with Crippen molar-refractivity contribution in [3.8, 4) is 0 Å². The van der Waals surface area contributed by atoms with Gasteiger partial charge >= 0.3 is 0 Å². The molecule has 1 aliphatic rings. The van der Waals surface area contributed by atoms with Crippen LogP contribution in [0.4, 0.5) is 5.69 Å². The van der Waals surface area contributed by atoms with Crippen LogP contribution < -0.4 is 11.1 Å². The van der Waals surface area contributed by atoms with Gasteiger partial charge in [0.1, 0.15) is 4.99 Å². The summed E-state index contributed by atoms with van der Waals surface area (Å²) in [5.74, 6) is 1.70. The van der Waals surface area contributed by atoms with Crippen LogP contribution in [0.2, 0.25) is 0 Å². The molecule has 2 rings (SSSR count). The fraction of sp³-hybridized carbons (Fsp3) is 0.455. The normalized spacial score (nSPS) is 23.5. The van der Waals surface area contributed by atoms with Crippen molar-refractivity contribution in [2.75, 3.05) is 11.9 Å². The summed E-state index contributed by atoms with van der Waals surface area (Å²) in [5, 5.41) is 3.38. The van der Waals surface area contributed by atoms with Gasteiger partial charge in [-0.25, -0.2) is 0 Å². The summed E-state index contributed by atoms with van der Waals surface area (Å²) in [7, 11) is 0. The van der Waals surface area contributed by atoms with E-state index in [0.717, 1.165) is 24.1 Å². The zero-order valence-electron chi connectivity index (χ0n) is 8.73. The van der Waals surface area contributed by atoms with E-state index in [0.29, 0.717) is 10.7 Å². The molecule has 2 atom stereocenters. The summed E-state index contributed by atoms with van der Waals surface area (Å²) in [6, 6.07) is 3.84. The smallest absolute Gasteiger partial charge is 0.122 e. The van der Waals surface area contributed by atoms with Gasteiger partial charge in [-0.3, -0.25) is 4.98 Å². The van der Waals surface area contributed by atoms with E-state index < -0.39 is 0 Å². The predicted molar refractivity (Wildman–Crippen MR) is 65.9 cm³/mol. The second kappa shape index (κ2) is 4.14. The molecule has 0 radical (unpaired) electrons. The lowest BCUT2D eigenvalue weighted by Gasteiger charge is -2.06. The van der Waals surface area contributed by atoms with E-state index in [1.807, 2.05) is 12.1 Å². The van der Waals surface area contributed by atoms with Gasteiger partial charge in [0, 0.05) is 18.4 Å². The maximum absolute atomic E-state index is 5.51. The van der Waals surface area contributed by atoms with Crippen LogP contribution in [-0.4, -0.2) is 16.5 Å². The summed E-state index contributed by atoms with van der Waals surface area (Å²) in [6.45, 7) is 3.31. The molecule has 0 saturated heterocycles. The molecule has 0 aliphatic heterocycles. The highest BCUT2D eigenvalue weighted by atomic mass is 32.1. The van der Waals surface area contributed by atoms with Crippen molar-refractivity contribution in [2.45, 2.75) is 13.3 Å². The van der Waals surface area contributed by atoms with Crippen LogP contribution in [0.3, 0.4) is 0 Å². The zero-order valence-corrected chi connectivity index (χ0v) is 9.55. The molecule has 15 heavy (non-hydrogen) atoms. The molecule has 3 N–H and O–H groups in total. The van der Waals surface area contributed by atoms with Crippen LogP contribution in [-0.2, 0) is 0 Å². The maximum atomic E-state index is 5.51. The molecule has 1 aromatic heterocycles. The summed E-state index contributed by atoms with van der Waals surface area (Å²) in [4.78, 5) is 4.44. The molecule has 1 aliphatic carbocycles. The van der Waals surface area contributed by atoms with Gasteiger partial charge in [0.2, 0.25) is 0 Å². The molecule has 3 nitrogen and oxygen atoms in total. The Labute approximate surface area is 95.1 Å². The summed E-state index contributed by atoms with van der Waals surface area (Å²) < 4.78 is 0. The number of aromatic nitrogens is 1. The number of rotatable bonds is 4. The Kier molecular flexibility index (Phi) is 2.86. The first-order valence-corrected chi connectivity index (χ1v) is 5.57. The van der Waals surface area contributed by atoms with Crippen LogP contribution in [0.15, 0.2) is 18.3 Å². The van der Waals surface area contributed by atoms with Crippen molar-refractivity contribution in [1.29, 1.82) is 0 Å². The van der Waals surface area contributed by atoms with Crippen molar-refractivity contribution in [1.82, 2.24) is 4.98 Å². The van der Waals surface area contributed by atoms with Gasteiger partial charge in [0.15, 0.2) is 0 Å². The molecule has 2 unspecified atom stereocenters. The lowest BCUT2D eigenvalue weighted by Crippen LogP contribution is -2.12. The third kappa shape index (κ3) is 2.65. The monoisotopic (exact) mass is 221 g/mol. The predicted octanol–water partition coefficient (Wildman–Crippen LogP) is 1.78. The number of pyridine rings is 1. The molecule has 4 heteroatoms. The Balaban J connectivity index is 1.95. The first kappa shape index (κ1) is 10.4. The van der Waals surface area contributed by atoms with Gasteiger partial charge < -0.3 is 11.1 Å². The molecular formula is C11H15N3S. The van der Waals surface area contributed by atoms with Crippen molar-refractivity contribution < 1.29 is 0 Å². The van der Waals surface area contributed by atoms with Gasteiger partial charge in [-0.1, -0.05) is 19.1 Å². The standard InChI is InChI=1S/C11H15N3S/c1-7-4-8(7)6-14-9-2-3-13-10(5-9)11(12)15/h2-3,5,7-8H,4,6H2,1H3,(H2,12,15)(H,13,14). The molecule has 0 aromatic carbocycles. The van der Waals surface area contributed by atoms with Crippen LogP contribution >= 0.6 is 12.2 Å². The van der Waals surface area contributed by atoms with Crippen LogP contribution in [0.25, 0.3) is 0 Å². The lowest BCUT2D eigenvalue weighted by atomic mass is 10.3. The van der Waals surface area contributed by atoms with Crippen LogP contribution in [0, 0.1) is 11.8 Å². The maximum Gasteiger partial charge on any atom is 0.122 e. The van der Waals surface area contributed by atoms with Gasteiger partial charge in [0.05, 0.1) is 5.69 Å². The van der Waals surface area contributed by atoms with Crippen LogP contribution in [0.1, 0.15) is 19.0 Å². The Hall–Kier alpha value is -1.16. The molecule has 1 fully saturated rings. The van der Waals surface area contributed by atoms with E-state index in [4.69, 9.17) is 18.0 Å². The van der Waals surface area contributed by atoms with Crippen molar-refractivity contribution in [3.05, 3.63) is 24.0 Å². The second-order valence-corrected chi connectivity index (χ2v) is 4.59. The fourth-order valence-electron chi connectivity index (χ4n) is 1.61. The highest BCUT2D eigenvalue weighted by molar-refractivity contribution is 7.80. The molecule has 1 saturated carbocycles. The largest absolute Gasteiger partial charge is 0.388 e. The molecule has 0 bridgehead atoms. The number of hydrogen-bond acceptors (Lipinski definition) is 3. The Morgan fingerprint density at radius 3 is 3.07 bits per heavy atom. The van der Waals surface area contributed by atoms with Gasteiger partial charge in [-0.15, -0.1) is 0 Å². The van der Waals surface area contributed by atoms with Crippen molar-refractivity contribution >= 4 is 22.9 Å². The lowest BCUT2D eigenvalue weighted by molar-refractivity contribution is 0.787. The zero-order chi connectivity index (χ0) is 10.8. The fourth-order valence-corrected chi connectivity index (χ4v) is 1.72. The SMILES string of the molecule is CC1CC1CNc1ccnc(C(N)=S)c1. The topological polar surface area (TPSA) is 50.9 Å². The minimum atomic E-state index is 0.346. The number of nitrogens with zero attached hydrogens (tertiary/aromatic N) is 1. The number of thiocarbonyl (C=S) groups is 1. The van der Waals surface area contributed by atoms with Gasteiger partial charge in [-0.2, -0.15) is 0 Å². The molecule has 0 spiro atoms. The van der Waals surface area contributed by atoms with E-state index in [-0.39, 0.29) is 0 Å². The van der Waals surface area contributed by atoms with E-state index in [1.165, 1.54) is 6.42 Å². The average molecular weight is 221 g/mol. The highest BCUT2D eigenvalue weighted by Gasteiger charge is 2.31. The number of hydrogen-bond donors (Lipinski definition) is 2. The molecule has 0 amide bonds. The Bertz CT molecular complexity index is 378. The minimum Gasteiger partial charge on any atom is -0.388 e.